The van der Waals surface area contributed by atoms with Gasteiger partial charge in [-0.3, -0.25) is 0 Å². The molecule has 0 fully saturated rings. The Labute approximate surface area is 123 Å². The Hall–Kier alpha value is -1.66. The molecule has 1 N–H and O–H groups in total. The lowest BCUT2D eigenvalue weighted by Crippen LogP contribution is -2.53. The number of alkyl halides is 2. The van der Waals surface area contributed by atoms with Gasteiger partial charge < -0.3 is 14.8 Å². The van der Waals surface area contributed by atoms with Crippen molar-refractivity contribution in [2.45, 2.75) is 58.1 Å². The number of hydrogen-bond acceptors (Lipinski definition) is 4. The Kier molecular flexibility index (Phi) is 7.32. The number of ether oxygens (including phenoxy) is 2. The Balaban J connectivity index is 4.97. The lowest BCUT2D eigenvalue weighted by atomic mass is 10.0. The summed E-state index contributed by atoms with van der Waals surface area (Å²) in [4.78, 5) is 23.0. The van der Waals surface area contributed by atoms with Crippen molar-refractivity contribution in [1.29, 1.82) is 0 Å². The summed E-state index contributed by atoms with van der Waals surface area (Å²) < 4.78 is 37.3. The van der Waals surface area contributed by atoms with Gasteiger partial charge in [-0.2, -0.15) is 8.78 Å². The molecule has 0 aromatic carbocycles. The SMILES string of the molecule is C=CCC[C@H](NC(=O)OC(C)(C)C)C(F)(F)C(=O)OCC. The summed E-state index contributed by atoms with van der Waals surface area (Å²) in [6.07, 6.45) is 0.454. The first-order chi connectivity index (χ1) is 9.54. The Morgan fingerprint density at radius 3 is 2.33 bits per heavy atom. The standard InChI is InChI=1S/C14H23F2NO4/c1-6-8-9-10(14(15,16)11(18)20-7-2)17-12(19)21-13(3,4)5/h6,10H,1,7-9H2,2-5H3,(H,17,19)/t10-/m0/s1. The molecule has 0 aliphatic rings. The van der Waals surface area contributed by atoms with E-state index in [9.17, 15) is 18.4 Å². The number of esters is 1. The zero-order valence-electron chi connectivity index (χ0n) is 12.9. The predicted octanol–water partition coefficient (Wildman–Crippen LogP) is 3.04. The largest absolute Gasteiger partial charge is 0.461 e. The number of halogens is 2. The quantitative estimate of drug-likeness (QED) is 0.580. The first-order valence-corrected chi connectivity index (χ1v) is 6.70. The molecule has 0 saturated heterocycles. The molecule has 1 amide bonds. The molecule has 21 heavy (non-hydrogen) atoms. The molecule has 0 aliphatic carbocycles. The van der Waals surface area contributed by atoms with E-state index in [1.807, 2.05) is 5.32 Å². The second-order valence-corrected chi connectivity index (χ2v) is 5.41. The number of nitrogens with one attached hydrogen (secondary N) is 1. The number of hydrogen-bond donors (Lipinski definition) is 1. The third-order valence-electron chi connectivity index (χ3n) is 2.34. The molecule has 7 heteroatoms. The highest BCUT2D eigenvalue weighted by atomic mass is 19.3. The normalized spacial score (nSPS) is 13.2. The van der Waals surface area contributed by atoms with Crippen LogP contribution in [0, 0.1) is 0 Å². The molecule has 5 nitrogen and oxygen atoms in total. The predicted molar refractivity (Wildman–Crippen MR) is 74.2 cm³/mol. The maximum Gasteiger partial charge on any atom is 0.408 e. The minimum Gasteiger partial charge on any atom is -0.461 e. The van der Waals surface area contributed by atoms with Crippen LogP contribution in [0.4, 0.5) is 13.6 Å². The fourth-order valence-corrected chi connectivity index (χ4v) is 1.45. The topological polar surface area (TPSA) is 64.6 Å². The summed E-state index contributed by atoms with van der Waals surface area (Å²) in [7, 11) is 0. The van der Waals surface area contributed by atoms with Crippen LogP contribution in [0.2, 0.25) is 0 Å². The number of carbonyl (C=O) groups excluding carboxylic acids is 2. The van der Waals surface area contributed by atoms with Gasteiger partial charge in [-0.05, 0) is 40.5 Å². The zero-order chi connectivity index (χ0) is 16.7. The van der Waals surface area contributed by atoms with Crippen LogP contribution in [0.3, 0.4) is 0 Å². The molecular weight excluding hydrogens is 284 g/mol. The van der Waals surface area contributed by atoms with Gasteiger partial charge in [0.25, 0.3) is 0 Å². The molecule has 122 valence electrons. The summed E-state index contributed by atoms with van der Waals surface area (Å²) in [5.41, 5.74) is -0.827. The van der Waals surface area contributed by atoms with Crippen molar-refractivity contribution in [1.82, 2.24) is 5.32 Å². The lowest BCUT2D eigenvalue weighted by molar-refractivity contribution is -0.175. The summed E-state index contributed by atoms with van der Waals surface area (Å²) in [5.74, 6) is -5.51. The van der Waals surface area contributed by atoms with E-state index < -0.39 is 29.6 Å². The molecular formula is C14H23F2NO4. The molecule has 0 radical (unpaired) electrons. The molecule has 0 unspecified atom stereocenters. The summed E-state index contributed by atoms with van der Waals surface area (Å²) >= 11 is 0. The zero-order valence-corrected chi connectivity index (χ0v) is 12.9. The van der Waals surface area contributed by atoms with Gasteiger partial charge >= 0.3 is 18.0 Å². The second-order valence-electron chi connectivity index (χ2n) is 5.41. The van der Waals surface area contributed by atoms with Crippen molar-refractivity contribution in [3.63, 3.8) is 0 Å². The number of allylic oxidation sites excluding steroid dienone is 1. The molecule has 0 spiro atoms. The Morgan fingerprint density at radius 1 is 1.33 bits per heavy atom. The molecule has 0 heterocycles. The third kappa shape index (κ3) is 7.06. The molecule has 0 bridgehead atoms. The van der Waals surface area contributed by atoms with Gasteiger partial charge in [0.15, 0.2) is 0 Å². The Morgan fingerprint density at radius 2 is 1.90 bits per heavy atom. The van der Waals surface area contributed by atoms with E-state index in [0.717, 1.165) is 0 Å². The minimum atomic E-state index is -3.84. The van der Waals surface area contributed by atoms with Gasteiger partial charge in [-0.25, -0.2) is 9.59 Å². The maximum atomic E-state index is 14.0. The molecule has 0 saturated carbocycles. The second kappa shape index (κ2) is 7.95. The van der Waals surface area contributed by atoms with Gasteiger partial charge in [-0.15, -0.1) is 6.58 Å². The van der Waals surface area contributed by atoms with Gasteiger partial charge in [0.1, 0.15) is 11.6 Å². The van der Waals surface area contributed by atoms with Gasteiger partial charge in [0.2, 0.25) is 0 Å². The van der Waals surface area contributed by atoms with Gasteiger partial charge in [-0.1, -0.05) is 6.08 Å². The highest BCUT2D eigenvalue weighted by Gasteiger charge is 2.49. The van der Waals surface area contributed by atoms with E-state index >= 15 is 0 Å². The fraction of sp³-hybridized carbons (Fsp3) is 0.714. The molecule has 1 atom stereocenters. The van der Waals surface area contributed by atoms with Crippen LogP contribution in [0.1, 0.15) is 40.5 Å². The van der Waals surface area contributed by atoms with Gasteiger partial charge in [0.05, 0.1) is 6.61 Å². The van der Waals surface area contributed by atoms with E-state index in [1.165, 1.54) is 13.0 Å². The lowest BCUT2D eigenvalue weighted by Gasteiger charge is -2.27. The molecule has 0 aromatic heterocycles. The summed E-state index contributed by atoms with van der Waals surface area (Å²) in [6, 6.07) is -1.72. The van der Waals surface area contributed by atoms with Crippen molar-refractivity contribution in [2.24, 2.45) is 0 Å². The van der Waals surface area contributed by atoms with Gasteiger partial charge in [0, 0.05) is 0 Å². The number of rotatable bonds is 7. The minimum absolute atomic E-state index is 0.158. The third-order valence-corrected chi connectivity index (χ3v) is 2.34. The Bertz CT molecular complexity index is 378. The monoisotopic (exact) mass is 307 g/mol. The summed E-state index contributed by atoms with van der Waals surface area (Å²) in [5, 5.41) is 2.03. The van der Waals surface area contributed by atoms with Crippen molar-refractivity contribution in [3.8, 4) is 0 Å². The smallest absolute Gasteiger partial charge is 0.408 e. The van der Waals surface area contributed by atoms with Crippen molar-refractivity contribution < 1.29 is 27.8 Å². The average molecular weight is 307 g/mol. The fourth-order valence-electron chi connectivity index (χ4n) is 1.45. The summed E-state index contributed by atoms with van der Waals surface area (Å²) in [6.45, 7) is 9.50. The first kappa shape index (κ1) is 19.3. The number of carbonyl (C=O) groups is 2. The van der Waals surface area contributed by atoms with Crippen molar-refractivity contribution >= 4 is 12.1 Å². The van der Waals surface area contributed by atoms with Crippen molar-refractivity contribution in [3.05, 3.63) is 12.7 Å². The highest BCUT2D eigenvalue weighted by molar-refractivity contribution is 5.80. The first-order valence-electron chi connectivity index (χ1n) is 6.70. The number of amides is 1. The molecule has 0 aliphatic heterocycles. The van der Waals surface area contributed by atoms with E-state index in [1.54, 1.807) is 20.8 Å². The van der Waals surface area contributed by atoms with E-state index in [4.69, 9.17) is 4.74 Å². The maximum absolute atomic E-state index is 14.0. The van der Waals surface area contributed by atoms with Crippen LogP contribution < -0.4 is 5.32 Å². The van der Waals surface area contributed by atoms with Crippen LogP contribution in [-0.4, -0.2) is 36.2 Å². The highest BCUT2D eigenvalue weighted by Crippen LogP contribution is 2.24. The average Bonchev–Trinajstić information content (AvgIpc) is 2.32. The van der Waals surface area contributed by atoms with Crippen LogP contribution in [0.25, 0.3) is 0 Å². The van der Waals surface area contributed by atoms with Crippen molar-refractivity contribution in [2.75, 3.05) is 6.61 Å². The van der Waals surface area contributed by atoms with E-state index in [-0.39, 0.29) is 19.4 Å². The van der Waals surface area contributed by atoms with Crippen LogP contribution in [0.5, 0.6) is 0 Å². The van der Waals surface area contributed by atoms with E-state index in [0.29, 0.717) is 0 Å². The van der Waals surface area contributed by atoms with Crippen LogP contribution >= 0.6 is 0 Å². The molecule has 0 aromatic rings. The number of alkyl carbamates (subject to hydrolysis) is 1. The van der Waals surface area contributed by atoms with E-state index in [2.05, 4.69) is 11.3 Å². The van der Waals surface area contributed by atoms with Crippen LogP contribution in [-0.2, 0) is 14.3 Å². The molecule has 0 rings (SSSR count). The van der Waals surface area contributed by atoms with Crippen LogP contribution in [0.15, 0.2) is 12.7 Å².